The third-order valence-electron chi connectivity index (χ3n) is 4.56. The Kier molecular flexibility index (Phi) is 14.0. The van der Waals surface area contributed by atoms with Gasteiger partial charge in [0.15, 0.2) is 0 Å². The van der Waals surface area contributed by atoms with Crippen LogP contribution in [0.1, 0.15) is 52.5 Å². The van der Waals surface area contributed by atoms with E-state index in [2.05, 4.69) is 38.2 Å². The van der Waals surface area contributed by atoms with Crippen LogP contribution in [0.5, 0.6) is 0 Å². The Morgan fingerprint density at radius 1 is 1.23 bits per heavy atom. The number of thioether (sulfide) groups is 1. The quantitative estimate of drug-likeness (QED) is 0.227. The van der Waals surface area contributed by atoms with Crippen LogP contribution in [0.15, 0.2) is 42.5 Å². The molecule has 0 aromatic heterocycles. The molecule has 1 atom stereocenters. The van der Waals surface area contributed by atoms with Gasteiger partial charge in [0.2, 0.25) is 12.3 Å². The zero-order valence-electron chi connectivity index (χ0n) is 19.6. The van der Waals surface area contributed by atoms with E-state index in [9.17, 15) is 9.59 Å². The molecule has 0 saturated carbocycles. The van der Waals surface area contributed by atoms with Crippen LogP contribution in [-0.2, 0) is 20.9 Å². The van der Waals surface area contributed by atoms with Crippen LogP contribution in [-0.4, -0.2) is 54.5 Å². The van der Waals surface area contributed by atoms with E-state index in [1.54, 1.807) is 16.7 Å². The SMILES string of the molecule is CCOC(CCC/C=C/C(C)(C)C)C(=O)NCCSCCN(C=O)Cc1ccccc1. The Morgan fingerprint density at radius 2 is 1.97 bits per heavy atom. The van der Waals surface area contributed by atoms with Crippen molar-refractivity contribution in [2.24, 2.45) is 5.41 Å². The third-order valence-corrected chi connectivity index (χ3v) is 5.53. The number of allylic oxidation sites excluding steroid dienone is 2. The van der Waals surface area contributed by atoms with E-state index < -0.39 is 0 Å². The Balaban J connectivity index is 2.21. The highest BCUT2D eigenvalue weighted by molar-refractivity contribution is 7.99. The number of amides is 2. The molecule has 0 aliphatic rings. The van der Waals surface area contributed by atoms with Crippen molar-refractivity contribution < 1.29 is 14.3 Å². The van der Waals surface area contributed by atoms with Gasteiger partial charge >= 0.3 is 0 Å². The average molecular weight is 449 g/mol. The van der Waals surface area contributed by atoms with E-state index in [-0.39, 0.29) is 17.4 Å². The highest BCUT2D eigenvalue weighted by Gasteiger charge is 2.17. The molecular formula is C25H40N2O3S. The van der Waals surface area contributed by atoms with Crippen LogP contribution in [0.25, 0.3) is 0 Å². The first-order valence-corrected chi connectivity index (χ1v) is 12.4. The molecule has 0 saturated heterocycles. The number of carbonyl (C=O) groups is 2. The maximum absolute atomic E-state index is 12.4. The molecule has 1 N–H and O–H groups in total. The van der Waals surface area contributed by atoms with Crippen molar-refractivity contribution in [1.82, 2.24) is 10.2 Å². The number of rotatable bonds is 16. The van der Waals surface area contributed by atoms with E-state index >= 15 is 0 Å². The standard InChI is InChI=1S/C25H40N2O3S/c1-5-30-23(14-10-7-11-15-25(2,3)4)24(29)26-16-18-31-19-17-27(21-28)20-22-12-8-6-9-13-22/h6,8-9,11-13,15,21,23H,5,7,10,14,16-20H2,1-4H3,(H,26,29)/b15-11+. The summed E-state index contributed by atoms with van der Waals surface area (Å²) in [6, 6.07) is 9.98. The molecular weight excluding hydrogens is 408 g/mol. The van der Waals surface area contributed by atoms with Gasteiger partial charge in [-0.1, -0.05) is 63.3 Å². The molecule has 1 rings (SSSR count). The summed E-state index contributed by atoms with van der Waals surface area (Å²) >= 11 is 1.74. The number of nitrogens with zero attached hydrogens (tertiary/aromatic N) is 1. The first kappa shape index (κ1) is 27.2. The number of carbonyl (C=O) groups excluding carboxylic acids is 2. The molecule has 174 valence electrons. The van der Waals surface area contributed by atoms with E-state index in [1.165, 1.54) is 0 Å². The fourth-order valence-corrected chi connectivity index (χ4v) is 3.79. The number of nitrogens with one attached hydrogen (secondary N) is 1. The molecule has 1 aromatic carbocycles. The van der Waals surface area contributed by atoms with Gasteiger partial charge in [0.05, 0.1) is 0 Å². The highest BCUT2D eigenvalue weighted by atomic mass is 32.2. The van der Waals surface area contributed by atoms with Gasteiger partial charge in [-0.2, -0.15) is 11.8 Å². The van der Waals surface area contributed by atoms with Crippen molar-refractivity contribution in [1.29, 1.82) is 0 Å². The lowest BCUT2D eigenvalue weighted by Gasteiger charge is -2.18. The maximum atomic E-state index is 12.4. The van der Waals surface area contributed by atoms with Crippen molar-refractivity contribution in [2.45, 2.75) is 59.6 Å². The van der Waals surface area contributed by atoms with Crippen LogP contribution >= 0.6 is 11.8 Å². The number of unbranched alkanes of at least 4 members (excludes halogenated alkanes) is 1. The number of ether oxygens (including phenoxy) is 1. The van der Waals surface area contributed by atoms with E-state index in [4.69, 9.17) is 4.74 Å². The summed E-state index contributed by atoms with van der Waals surface area (Å²) in [5.74, 6) is 1.63. The average Bonchev–Trinajstić information content (AvgIpc) is 2.74. The van der Waals surface area contributed by atoms with Gasteiger partial charge < -0.3 is 15.0 Å². The summed E-state index contributed by atoms with van der Waals surface area (Å²) in [7, 11) is 0. The zero-order valence-corrected chi connectivity index (χ0v) is 20.5. The topological polar surface area (TPSA) is 58.6 Å². The van der Waals surface area contributed by atoms with Gasteiger partial charge in [-0.15, -0.1) is 0 Å². The van der Waals surface area contributed by atoms with Gasteiger partial charge in [-0.3, -0.25) is 9.59 Å². The second-order valence-corrected chi connectivity index (χ2v) is 9.83. The normalized spacial score (nSPS) is 12.6. The van der Waals surface area contributed by atoms with Gasteiger partial charge in [-0.05, 0) is 37.2 Å². The van der Waals surface area contributed by atoms with E-state index in [1.807, 2.05) is 37.3 Å². The molecule has 0 heterocycles. The monoisotopic (exact) mass is 448 g/mol. The molecule has 6 heteroatoms. The zero-order chi connectivity index (χ0) is 23.0. The van der Waals surface area contributed by atoms with Crippen molar-refractivity contribution in [3.63, 3.8) is 0 Å². The number of hydrogen-bond acceptors (Lipinski definition) is 4. The molecule has 0 radical (unpaired) electrons. The maximum Gasteiger partial charge on any atom is 0.249 e. The van der Waals surface area contributed by atoms with Gasteiger partial charge in [-0.25, -0.2) is 0 Å². The van der Waals surface area contributed by atoms with Crippen LogP contribution in [0.2, 0.25) is 0 Å². The molecule has 0 aliphatic heterocycles. The third kappa shape index (κ3) is 14.0. The summed E-state index contributed by atoms with van der Waals surface area (Å²) in [6.07, 6.45) is 7.55. The summed E-state index contributed by atoms with van der Waals surface area (Å²) in [4.78, 5) is 25.5. The summed E-state index contributed by atoms with van der Waals surface area (Å²) in [6.45, 7) is 10.9. The molecule has 0 fully saturated rings. The second kappa shape index (κ2) is 15.9. The van der Waals surface area contributed by atoms with Gasteiger partial charge in [0.25, 0.3) is 0 Å². The molecule has 5 nitrogen and oxygen atoms in total. The lowest BCUT2D eigenvalue weighted by atomic mass is 9.95. The molecule has 2 amide bonds. The minimum atomic E-state index is -0.380. The lowest BCUT2D eigenvalue weighted by Crippen LogP contribution is -2.37. The Bertz CT molecular complexity index is 644. The smallest absolute Gasteiger partial charge is 0.249 e. The summed E-state index contributed by atoms with van der Waals surface area (Å²) in [5, 5.41) is 2.99. The molecule has 0 spiro atoms. The van der Waals surface area contributed by atoms with Crippen molar-refractivity contribution in [3.05, 3.63) is 48.0 Å². The largest absolute Gasteiger partial charge is 0.369 e. The number of benzene rings is 1. The summed E-state index contributed by atoms with van der Waals surface area (Å²) < 4.78 is 5.64. The Labute approximate surface area is 193 Å². The minimum absolute atomic E-state index is 0.0270. The fraction of sp³-hybridized carbons (Fsp3) is 0.600. The van der Waals surface area contributed by atoms with E-state index in [0.717, 1.165) is 42.7 Å². The van der Waals surface area contributed by atoms with Crippen LogP contribution in [0.3, 0.4) is 0 Å². The molecule has 1 unspecified atom stereocenters. The second-order valence-electron chi connectivity index (χ2n) is 8.61. The lowest BCUT2D eigenvalue weighted by molar-refractivity contribution is -0.132. The molecule has 1 aromatic rings. The minimum Gasteiger partial charge on any atom is -0.369 e. The van der Waals surface area contributed by atoms with E-state index in [0.29, 0.717) is 26.2 Å². The highest BCUT2D eigenvalue weighted by Crippen LogP contribution is 2.16. The van der Waals surface area contributed by atoms with Crippen molar-refractivity contribution in [3.8, 4) is 0 Å². The predicted molar refractivity (Wildman–Crippen MR) is 131 cm³/mol. The van der Waals surface area contributed by atoms with Crippen LogP contribution in [0.4, 0.5) is 0 Å². The Morgan fingerprint density at radius 3 is 2.61 bits per heavy atom. The van der Waals surface area contributed by atoms with Crippen molar-refractivity contribution >= 4 is 24.1 Å². The fourth-order valence-electron chi connectivity index (χ4n) is 2.98. The first-order chi connectivity index (χ1) is 14.9. The molecule has 0 aliphatic carbocycles. The van der Waals surface area contributed by atoms with Gasteiger partial charge in [0, 0.05) is 37.7 Å². The van der Waals surface area contributed by atoms with Gasteiger partial charge in [0.1, 0.15) is 6.10 Å². The molecule has 0 bridgehead atoms. The molecule has 31 heavy (non-hydrogen) atoms. The Hall–Kier alpha value is -1.79. The van der Waals surface area contributed by atoms with Crippen LogP contribution in [0, 0.1) is 5.41 Å². The summed E-state index contributed by atoms with van der Waals surface area (Å²) in [5.41, 5.74) is 1.32. The first-order valence-electron chi connectivity index (χ1n) is 11.2. The van der Waals surface area contributed by atoms with Crippen LogP contribution < -0.4 is 5.32 Å². The predicted octanol–water partition coefficient (Wildman–Crippen LogP) is 4.67. The van der Waals surface area contributed by atoms with Crippen molar-refractivity contribution in [2.75, 3.05) is 31.2 Å². The number of hydrogen-bond donors (Lipinski definition) is 1.